The lowest BCUT2D eigenvalue weighted by molar-refractivity contribution is -0.123. The van der Waals surface area contributed by atoms with E-state index in [0.717, 1.165) is 42.7 Å². The van der Waals surface area contributed by atoms with Gasteiger partial charge in [-0.1, -0.05) is 86.1 Å². The summed E-state index contributed by atoms with van der Waals surface area (Å²) in [6.07, 6.45) is 4.03. The molecule has 4 nitrogen and oxygen atoms in total. The molecule has 0 aromatic heterocycles. The average Bonchev–Trinajstić information content (AvgIpc) is 2.98. The van der Waals surface area contributed by atoms with Crippen molar-refractivity contribution < 1.29 is 9.53 Å². The first kappa shape index (κ1) is 22.8. The van der Waals surface area contributed by atoms with Gasteiger partial charge in [-0.3, -0.25) is 4.79 Å². The van der Waals surface area contributed by atoms with Crippen molar-refractivity contribution in [2.24, 2.45) is 16.6 Å². The van der Waals surface area contributed by atoms with Crippen molar-refractivity contribution in [3.8, 4) is 5.75 Å². The number of ether oxygens (including phenoxy) is 1. The highest BCUT2D eigenvalue weighted by atomic mass is 16.5. The van der Waals surface area contributed by atoms with Crippen LogP contribution in [0.1, 0.15) is 49.3 Å². The largest absolute Gasteiger partial charge is 0.494 e. The molecule has 0 spiro atoms. The molecule has 3 aromatic carbocycles. The van der Waals surface area contributed by atoms with Crippen LogP contribution in [0.25, 0.3) is 0 Å². The molecule has 0 saturated carbocycles. The van der Waals surface area contributed by atoms with E-state index in [0.29, 0.717) is 18.7 Å². The predicted octanol–water partition coefficient (Wildman–Crippen LogP) is 5.69. The van der Waals surface area contributed by atoms with Crippen molar-refractivity contribution in [3.05, 3.63) is 102 Å². The lowest BCUT2D eigenvalue weighted by atomic mass is 9.78. The van der Waals surface area contributed by atoms with E-state index in [1.165, 1.54) is 5.56 Å². The zero-order valence-corrected chi connectivity index (χ0v) is 19.2. The first-order chi connectivity index (χ1) is 16.1. The second kappa shape index (κ2) is 10.5. The highest BCUT2D eigenvalue weighted by Gasteiger charge is 2.43. The van der Waals surface area contributed by atoms with E-state index in [1.807, 2.05) is 72.8 Å². The molecule has 0 saturated heterocycles. The summed E-state index contributed by atoms with van der Waals surface area (Å²) in [6, 6.07) is 27.8. The summed E-state index contributed by atoms with van der Waals surface area (Å²) in [6.45, 7) is 2.89. The molecule has 2 N–H and O–H groups in total. The Morgan fingerprint density at radius 2 is 1.55 bits per heavy atom. The maximum Gasteiger partial charge on any atom is 0.171 e. The van der Waals surface area contributed by atoms with Crippen LogP contribution in [0.15, 0.2) is 89.9 Å². The minimum absolute atomic E-state index is 0.00936. The Morgan fingerprint density at radius 3 is 2.12 bits per heavy atom. The van der Waals surface area contributed by atoms with Crippen LogP contribution in [0.4, 0.5) is 0 Å². The lowest BCUT2D eigenvalue weighted by Crippen LogP contribution is -2.36. The molecule has 4 heteroatoms. The van der Waals surface area contributed by atoms with Crippen LogP contribution >= 0.6 is 0 Å². The second-order valence-electron chi connectivity index (χ2n) is 8.69. The number of amidine groups is 1. The van der Waals surface area contributed by atoms with Gasteiger partial charge in [0, 0.05) is 12.3 Å². The number of hydrogen-bond donors (Lipinski definition) is 1. The Morgan fingerprint density at radius 1 is 0.939 bits per heavy atom. The van der Waals surface area contributed by atoms with Crippen LogP contribution in [-0.4, -0.2) is 18.2 Å². The normalized spacial score (nSPS) is 17.8. The molecule has 170 valence electrons. The first-order valence-corrected chi connectivity index (χ1v) is 11.8. The number of hydrogen-bond acceptors (Lipinski definition) is 4. The van der Waals surface area contributed by atoms with E-state index in [1.54, 1.807) is 0 Å². The van der Waals surface area contributed by atoms with Gasteiger partial charge in [0.05, 0.1) is 12.4 Å². The van der Waals surface area contributed by atoms with Crippen LogP contribution in [0.3, 0.4) is 0 Å². The number of nitrogens with two attached hydrogens (primary N) is 1. The number of carbonyl (C=O) groups excluding carboxylic acids is 1. The predicted molar refractivity (Wildman–Crippen MR) is 134 cm³/mol. The molecule has 1 heterocycles. The molecule has 0 fully saturated rings. The third kappa shape index (κ3) is 5.00. The van der Waals surface area contributed by atoms with Gasteiger partial charge >= 0.3 is 0 Å². The number of unbranched alkanes of at least 4 members (excludes halogenated alkanes) is 1. The maximum absolute atomic E-state index is 13.7. The third-order valence-electron chi connectivity index (χ3n) is 6.39. The van der Waals surface area contributed by atoms with Gasteiger partial charge in [-0.25, -0.2) is 4.99 Å². The zero-order valence-electron chi connectivity index (χ0n) is 19.2. The first-order valence-electron chi connectivity index (χ1n) is 11.8. The van der Waals surface area contributed by atoms with Gasteiger partial charge < -0.3 is 10.5 Å². The van der Waals surface area contributed by atoms with Crippen LogP contribution in [0, 0.1) is 5.92 Å². The number of nitrogens with zero attached hydrogens (tertiary/aromatic N) is 1. The minimum Gasteiger partial charge on any atom is -0.494 e. The Kier molecular flexibility index (Phi) is 7.23. The van der Waals surface area contributed by atoms with E-state index >= 15 is 0 Å². The van der Waals surface area contributed by atoms with E-state index < -0.39 is 5.54 Å². The van der Waals surface area contributed by atoms with Gasteiger partial charge in [-0.05, 0) is 48.1 Å². The van der Waals surface area contributed by atoms with Crippen LogP contribution in [0.5, 0.6) is 5.75 Å². The van der Waals surface area contributed by atoms with Gasteiger partial charge in [0.2, 0.25) is 0 Å². The highest BCUT2D eigenvalue weighted by molar-refractivity contribution is 5.98. The molecule has 1 aliphatic heterocycles. The average molecular weight is 441 g/mol. The standard InChI is InChI=1S/C29H32N2O2/c1-2-3-20-33-26-17-14-22(15-18-26)21-23-16-19-27(32)29(31-28(23)30,24-10-6-4-7-11-24)25-12-8-5-9-13-25/h4-15,17-18,23H,2-3,16,19-21H2,1H3,(H2,30,31). The molecule has 1 aliphatic rings. The number of rotatable bonds is 8. The molecule has 1 unspecified atom stereocenters. The summed E-state index contributed by atoms with van der Waals surface area (Å²) in [5.74, 6) is 1.52. The van der Waals surface area contributed by atoms with Crippen molar-refractivity contribution >= 4 is 11.6 Å². The Hall–Kier alpha value is -3.40. The summed E-state index contributed by atoms with van der Waals surface area (Å²) in [7, 11) is 0. The van der Waals surface area contributed by atoms with Crippen LogP contribution < -0.4 is 10.5 Å². The van der Waals surface area contributed by atoms with Crippen LogP contribution in [0.2, 0.25) is 0 Å². The monoisotopic (exact) mass is 440 g/mol. The third-order valence-corrected chi connectivity index (χ3v) is 6.39. The van der Waals surface area contributed by atoms with Crippen molar-refractivity contribution in [3.63, 3.8) is 0 Å². The molecule has 1 atom stereocenters. The van der Waals surface area contributed by atoms with Crippen molar-refractivity contribution in [2.45, 2.75) is 44.6 Å². The van der Waals surface area contributed by atoms with Crippen molar-refractivity contribution in [1.82, 2.24) is 0 Å². The number of carbonyl (C=O) groups is 1. The summed E-state index contributed by atoms with van der Waals surface area (Å²) in [4.78, 5) is 18.7. The van der Waals surface area contributed by atoms with Crippen molar-refractivity contribution in [1.29, 1.82) is 0 Å². The number of benzene rings is 3. The quantitative estimate of drug-likeness (QED) is 0.458. The number of ketones is 1. The molecule has 0 amide bonds. The molecule has 3 aromatic rings. The summed E-state index contributed by atoms with van der Waals surface area (Å²) in [5.41, 5.74) is 8.41. The van der Waals surface area contributed by atoms with E-state index in [9.17, 15) is 4.79 Å². The minimum atomic E-state index is -1.10. The molecule has 0 bridgehead atoms. The smallest absolute Gasteiger partial charge is 0.171 e. The molecule has 4 rings (SSSR count). The van der Waals surface area contributed by atoms with E-state index in [-0.39, 0.29) is 11.7 Å². The van der Waals surface area contributed by atoms with Gasteiger partial charge in [0.1, 0.15) is 5.75 Å². The fourth-order valence-corrected chi connectivity index (χ4v) is 4.51. The Bertz CT molecular complexity index is 1040. The molecule has 0 radical (unpaired) electrons. The lowest BCUT2D eigenvalue weighted by Gasteiger charge is -2.29. The van der Waals surface area contributed by atoms with Crippen molar-refractivity contribution in [2.75, 3.05) is 6.61 Å². The number of aliphatic imine (C=N–C) groups is 1. The zero-order chi connectivity index (χ0) is 23.1. The fourth-order valence-electron chi connectivity index (χ4n) is 4.51. The molecule has 0 aliphatic carbocycles. The van der Waals surface area contributed by atoms with E-state index in [4.69, 9.17) is 15.5 Å². The number of Topliss-reactive ketones (excluding diaryl/α,β-unsaturated/α-hetero) is 1. The topological polar surface area (TPSA) is 64.7 Å². The molecular formula is C29H32N2O2. The van der Waals surface area contributed by atoms with Crippen LogP contribution in [-0.2, 0) is 16.8 Å². The summed E-state index contributed by atoms with van der Waals surface area (Å²) < 4.78 is 5.78. The van der Waals surface area contributed by atoms with Gasteiger partial charge in [-0.15, -0.1) is 0 Å². The molecular weight excluding hydrogens is 408 g/mol. The SMILES string of the molecule is CCCCOc1ccc(CC2CCC(=O)C(c3ccccc3)(c3ccccc3)N=C2N)cc1. The molecule has 33 heavy (non-hydrogen) atoms. The van der Waals surface area contributed by atoms with Gasteiger partial charge in [0.15, 0.2) is 11.3 Å². The second-order valence-corrected chi connectivity index (χ2v) is 8.69. The Labute approximate surface area is 196 Å². The Balaban J connectivity index is 1.63. The fraction of sp³-hybridized carbons (Fsp3) is 0.310. The summed E-state index contributed by atoms with van der Waals surface area (Å²) >= 11 is 0. The van der Waals surface area contributed by atoms with Gasteiger partial charge in [-0.2, -0.15) is 0 Å². The van der Waals surface area contributed by atoms with E-state index in [2.05, 4.69) is 19.1 Å². The highest BCUT2D eigenvalue weighted by Crippen LogP contribution is 2.39. The van der Waals surface area contributed by atoms with Gasteiger partial charge in [0.25, 0.3) is 0 Å². The summed E-state index contributed by atoms with van der Waals surface area (Å²) in [5, 5.41) is 0. The maximum atomic E-state index is 13.7.